The quantitative estimate of drug-likeness (QED) is 0.501. The molecule has 0 saturated heterocycles. The van der Waals surface area contributed by atoms with E-state index >= 15 is 0 Å². The predicted octanol–water partition coefficient (Wildman–Crippen LogP) is 2.01. The molecule has 1 heterocycles. The average Bonchev–Trinajstić information content (AvgIpc) is 2.95. The lowest BCUT2D eigenvalue weighted by molar-refractivity contribution is -0.139. The standard InChI is InChI=1S/C16H15NO5/c1-2-21-15(19)7-8-16(20)22-10-14(18)12-9-17-13-6-4-3-5-11(12)13/h3-9,17H,2,10H2,1H3. The van der Waals surface area contributed by atoms with Gasteiger partial charge in [-0.3, -0.25) is 4.79 Å². The van der Waals surface area contributed by atoms with Gasteiger partial charge in [0.25, 0.3) is 0 Å². The first-order chi connectivity index (χ1) is 10.6. The molecule has 0 atom stereocenters. The van der Waals surface area contributed by atoms with E-state index in [1.165, 1.54) is 0 Å². The Labute approximate surface area is 126 Å². The van der Waals surface area contributed by atoms with Crippen LogP contribution >= 0.6 is 0 Å². The van der Waals surface area contributed by atoms with Crippen molar-refractivity contribution in [3.63, 3.8) is 0 Å². The molecule has 6 heteroatoms. The normalized spacial score (nSPS) is 10.8. The largest absolute Gasteiger partial charge is 0.463 e. The molecule has 1 aromatic heterocycles. The van der Waals surface area contributed by atoms with Crippen LogP contribution in [0.25, 0.3) is 10.9 Å². The number of aromatic nitrogens is 1. The highest BCUT2D eigenvalue weighted by atomic mass is 16.5. The lowest BCUT2D eigenvalue weighted by Crippen LogP contribution is -2.12. The van der Waals surface area contributed by atoms with Crippen LogP contribution in [0.15, 0.2) is 42.6 Å². The van der Waals surface area contributed by atoms with Gasteiger partial charge in [-0.25, -0.2) is 9.59 Å². The highest BCUT2D eigenvalue weighted by Gasteiger charge is 2.13. The van der Waals surface area contributed by atoms with E-state index in [1.807, 2.05) is 24.3 Å². The van der Waals surface area contributed by atoms with E-state index in [1.54, 1.807) is 13.1 Å². The fourth-order valence-electron chi connectivity index (χ4n) is 1.89. The molecule has 0 aliphatic rings. The third-order valence-electron chi connectivity index (χ3n) is 2.88. The second-order valence-electron chi connectivity index (χ2n) is 4.36. The van der Waals surface area contributed by atoms with E-state index < -0.39 is 18.5 Å². The van der Waals surface area contributed by atoms with Crippen molar-refractivity contribution in [3.8, 4) is 0 Å². The van der Waals surface area contributed by atoms with Crippen LogP contribution in [0.3, 0.4) is 0 Å². The first-order valence-corrected chi connectivity index (χ1v) is 6.72. The number of benzene rings is 1. The molecule has 0 bridgehead atoms. The molecule has 0 amide bonds. The molecular formula is C16H15NO5. The average molecular weight is 301 g/mol. The zero-order chi connectivity index (χ0) is 15.9. The highest BCUT2D eigenvalue weighted by molar-refractivity contribution is 6.09. The van der Waals surface area contributed by atoms with Gasteiger partial charge in [0.1, 0.15) is 0 Å². The number of carbonyl (C=O) groups is 3. The van der Waals surface area contributed by atoms with Crippen LogP contribution in [0.5, 0.6) is 0 Å². The Morgan fingerprint density at radius 3 is 2.50 bits per heavy atom. The summed E-state index contributed by atoms with van der Waals surface area (Å²) in [5, 5.41) is 0.769. The maximum absolute atomic E-state index is 12.1. The number of rotatable bonds is 6. The van der Waals surface area contributed by atoms with Gasteiger partial charge < -0.3 is 14.5 Å². The molecule has 2 rings (SSSR count). The SMILES string of the molecule is CCOC(=O)C=CC(=O)OCC(=O)c1c[nH]c2ccccc12. The van der Waals surface area contributed by atoms with Crippen molar-refractivity contribution >= 4 is 28.6 Å². The molecule has 6 nitrogen and oxygen atoms in total. The third-order valence-corrected chi connectivity index (χ3v) is 2.88. The maximum atomic E-state index is 12.1. The molecule has 0 radical (unpaired) electrons. The van der Waals surface area contributed by atoms with E-state index in [2.05, 4.69) is 9.72 Å². The Kier molecular flexibility index (Phi) is 5.08. The monoisotopic (exact) mass is 301 g/mol. The lowest BCUT2D eigenvalue weighted by Gasteiger charge is -2.01. The Hall–Kier alpha value is -2.89. The number of carbonyl (C=O) groups excluding carboxylic acids is 3. The van der Waals surface area contributed by atoms with Gasteiger partial charge in [-0.2, -0.15) is 0 Å². The van der Waals surface area contributed by atoms with Crippen molar-refractivity contribution in [2.24, 2.45) is 0 Å². The third kappa shape index (κ3) is 3.82. The summed E-state index contributed by atoms with van der Waals surface area (Å²) in [5.74, 6) is -1.74. The van der Waals surface area contributed by atoms with E-state index in [0.717, 1.165) is 23.1 Å². The molecule has 1 aromatic carbocycles. The zero-order valence-corrected chi connectivity index (χ0v) is 12.0. The molecule has 2 aromatic rings. The minimum Gasteiger partial charge on any atom is -0.463 e. The maximum Gasteiger partial charge on any atom is 0.331 e. The molecular weight excluding hydrogens is 286 g/mol. The summed E-state index contributed by atoms with van der Waals surface area (Å²) in [6.07, 6.45) is 3.47. The molecule has 0 aliphatic heterocycles. The number of H-pyrrole nitrogens is 1. The van der Waals surface area contributed by atoms with Gasteiger partial charge in [-0.05, 0) is 13.0 Å². The van der Waals surface area contributed by atoms with Crippen LogP contribution < -0.4 is 0 Å². The van der Waals surface area contributed by atoms with Crippen molar-refractivity contribution < 1.29 is 23.9 Å². The molecule has 22 heavy (non-hydrogen) atoms. The Morgan fingerprint density at radius 1 is 1.09 bits per heavy atom. The lowest BCUT2D eigenvalue weighted by atomic mass is 10.1. The first kappa shape index (κ1) is 15.5. The van der Waals surface area contributed by atoms with E-state index in [0.29, 0.717) is 5.56 Å². The number of aromatic amines is 1. The van der Waals surface area contributed by atoms with E-state index in [-0.39, 0.29) is 12.4 Å². The van der Waals surface area contributed by atoms with Crippen LogP contribution in [-0.2, 0) is 19.1 Å². The number of esters is 2. The minimum atomic E-state index is -0.777. The molecule has 0 fully saturated rings. The number of ether oxygens (including phenoxy) is 2. The molecule has 0 saturated carbocycles. The minimum absolute atomic E-state index is 0.220. The summed E-state index contributed by atoms with van der Waals surface area (Å²) >= 11 is 0. The number of hydrogen-bond donors (Lipinski definition) is 1. The topological polar surface area (TPSA) is 85.5 Å². The fourth-order valence-corrected chi connectivity index (χ4v) is 1.89. The van der Waals surface area contributed by atoms with Gasteiger partial charge in [0, 0.05) is 34.8 Å². The summed E-state index contributed by atoms with van der Waals surface area (Å²) in [6.45, 7) is 1.48. The molecule has 0 aliphatic carbocycles. The highest BCUT2D eigenvalue weighted by Crippen LogP contribution is 2.18. The molecule has 1 N–H and O–H groups in total. The summed E-state index contributed by atoms with van der Waals surface area (Å²) < 4.78 is 9.43. The van der Waals surface area contributed by atoms with Crippen LogP contribution in [-0.4, -0.2) is 35.9 Å². The number of Topliss-reactive ketones (excluding diaryl/α,β-unsaturated/α-hetero) is 1. The fraction of sp³-hybridized carbons (Fsp3) is 0.188. The summed E-state index contributed by atoms with van der Waals surface area (Å²) in [4.78, 5) is 37.5. The van der Waals surface area contributed by atoms with Gasteiger partial charge in [-0.15, -0.1) is 0 Å². The number of fused-ring (bicyclic) bond motifs is 1. The van der Waals surface area contributed by atoms with Crippen LogP contribution in [0, 0.1) is 0 Å². The van der Waals surface area contributed by atoms with Gasteiger partial charge >= 0.3 is 11.9 Å². The first-order valence-electron chi connectivity index (χ1n) is 6.72. The van der Waals surface area contributed by atoms with Crippen LogP contribution in [0.2, 0.25) is 0 Å². The van der Waals surface area contributed by atoms with Gasteiger partial charge in [0.15, 0.2) is 6.61 Å². The zero-order valence-electron chi connectivity index (χ0n) is 12.0. The van der Waals surface area contributed by atoms with Crippen molar-refractivity contribution in [1.82, 2.24) is 4.98 Å². The number of ketones is 1. The van der Waals surface area contributed by atoms with Crippen molar-refractivity contribution in [2.75, 3.05) is 13.2 Å². The number of para-hydroxylation sites is 1. The summed E-state index contributed by atoms with van der Waals surface area (Å²) in [5.41, 5.74) is 1.29. The molecule has 0 spiro atoms. The van der Waals surface area contributed by atoms with Crippen LogP contribution in [0.1, 0.15) is 17.3 Å². The van der Waals surface area contributed by atoms with Crippen molar-refractivity contribution in [3.05, 3.63) is 48.2 Å². The van der Waals surface area contributed by atoms with Gasteiger partial charge in [-0.1, -0.05) is 18.2 Å². The smallest absolute Gasteiger partial charge is 0.331 e. The molecule has 114 valence electrons. The second kappa shape index (κ2) is 7.21. The Balaban J connectivity index is 1.93. The Bertz CT molecular complexity index is 729. The van der Waals surface area contributed by atoms with Crippen molar-refractivity contribution in [2.45, 2.75) is 6.92 Å². The van der Waals surface area contributed by atoms with E-state index in [9.17, 15) is 14.4 Å². The second-order valence-corrected chi connectivity index (χ2v) is 4.36. The van der Waals surface area contributed by atoms with Crippen molar-refractivity contribution in [1.29, 1.82) is 0 Å². The van der Waals surface area contributed by atoms with E-state index in [4.69, 9.17) is 4.74 Å². The van der Waals surface area contributed by atoms with Gasteiger partial charge in [0.2, 0.25) is 5.78 Å². The van der Waals surface area contributed by atoms with Gasteiger partial charge in [0.05, 0.1) is 6.61 Å². The summed E-state index contributed by atoms with van der Waals surface area (Å²) in [7, 11) is 0. The number of hydrogen-bond acceptors (Lipinski definition) is 5. The van der Waals surface area contributed by atoms with Crippen LogP contribution in [0.4, 0.5) is 0 Å². The molecule has 0 unspecified atom stereocenters. The summed E-state index contributed by atoms with van der Waals surface area (Å²) in [6, 6.07) is 7.33. The Morgan fingerprint density at radius 2 is 1.77 bits per heavy atom. The predicted molar refractivity (Wildman–Crippen MR) is 79.4 cm³/mol. The number of nitrogens with one attached hydrogen (secondary N) is 1.